The van der Waals surface area contributed by atoms with Crippen LogP contribution in [-0.4, -0.2) is 43.0 Å². The molecule has 0 aromatic heterocycles. The molecule has 3 unspecified atom stereocenters. The molecule has 22 heavy (non-hydrogen) atoms. The molecule has 0 radical (unpaired) electrons. The normalized spacial score (nSPS) is 27.5. The molecule has 0 aromatic carbocycles. The van der Waals surface area contributed by atoms with Gasteiger partial charge in [0, 0.05) is 25.2 Å². The summed E-state index contributed by atoms with van der Waals surface area (Å²) < 4.78 is 5.77. The van der Waals surface area contributed by atoms with Gasteiger partial charge in [0.1, 0.15) is 0 Å². The second kappa shape index (κ2) is 10.6. The minimum absolute atomic E-state index is 0.206. The SMILES string of the molecule is CC(N)CCCCCCCCCC1CCCN1C1NCCO1. The molecule has 0 amide bonds. The lowest BCUT2D eigenvalue weighted by molar-refractivity contribution is -0.0402. The zero-order valence-corrected chi connectivity index (χ0v) is 14.6. The van der Waals surface area contributed by atoms with E-state index in [-0.39, 0.29) is 6.35 Å². The number of hydrogen-bond donors (Lipinski definition) is 2. The van der Waals surface area contributed by atoms with E-state index in [9.17, 15) is 0 Å². The molecule has 0 aromatic rings. The van der Waals surface area contributed by atoms with Gasteiger partial charge < -0.3 is 10.5 Å². The number of unbranched alkanes of at least 4 members (excludes halogenated alkanes) is 6. The maximum atomic E-state index is 5.77. The van der Waals surface area contributed by atoms with Crippen molar-refractivity contribution >= 4 is 0 Å². The van der Waals surface area contributed by atoms with Gasteiger partial charge in [-0.2, -0.15) is 0 Å². The molecule has 3 N–H and O–H groups in total. The summed E-state index contributed by atoms with van der Waals surface area (Å²) >= 11 is 0. The number of rotatable bonds is 11. The van der Waals surface area contributed by atoms with E-state index in [2.05, 4.69) is 17.1 Å². The fourth-order valence-electron chi connectivity index (χ4n) is 3.83. The van der Waals surface area contributed by atoms with Crippen LogP contribution in [0, 0.1) is 0 Å². The number of ether oxygens (including phenoxy) is 1. The summed E-state index contributed by atoms with van der Waals surface area (Å²) in [6, 6.07) is 1.13. The van der Waals surface area contributed by atoms with Crippen molar-refractivity contribution in [1.82, 2.24) is 10.2 Å². The third-order valence-corrected chi connectivity index (χ3v) is 5.12. The van der Waals surface area contributed by atoms with Gasteiger partial charge in [0.05, 0.1) is 6.61 Å². The van der Waals surface area contributed by atoms with Gasteiger partial charge in [0.2, 0.25) is 0 Å². The molecule has 2 aliphatic rings. The molecule has 3 atom stereocenters. The summed E-state index contributed by atoms with van der Waals surface area (Å²) in [6.07, 6.45) is 15.1. The van der Waals surface area contributed by atoms with Crippen LogP contribution in [0.1, 0.15) is 77.6 Å². The summed E-state index contributed by atoms with van der Waals surface area (Å²) in [5.41, 5.74) is 5.77. The van der Waals surface area contributed by atoms with Gasteiger partial charge in [-0.25, -0.2) is 0 Å². The first kappa shape index (κ1) is 18.2. The summed E-state index contributed by atoms with van der Waals surface area (Å²) in [5, 5.41) is 3.46. The molecule has 2 saturated heterocycles. The number of nitrogens with two attached hydrogens (primary N) is 1. The van der Waals surface area contributed by atoms with Gasteiger partial charge in [-0.1, -0.05) is 44.9 Å². The van der Waals surface area contributed by atoms with Crippen molar-refractivity contribution in [3.63, 3.8) is 0 Å². The fourth-order valence-corrected chi connectivity index (χ4v) is 3.83. The highest BCUT2D eigenvalue weighted by atomic mass is 16.5. The van der Waals surface area contributed by atoms with E-state index in [0.29, 0.717) is 6.04 Å². The number of nitrogens with zero attached hydrogens (tertiary/aromatic N) is 1. The van der Waals surface area contributed by atoms with Crippen LogP contribution in [-0.2, 0) is 4.74 Å². The molecule has 4 nitrogen and oxygen atoms in total. The maximum absolute atomic E-state index is 5.77. The van der Waals surface area contributed by atoms with Gasteiger partial charge in [-0.05, 0) is 32.6 Å². The highest BCUT2D eigenvalue weighted by Gasteiger charge is 2.32. The second-order valence-corrected chi connectivity index (χ2v) is 7.24. The van der Waals surface area contributed by atoms with E-state index in [0.717, 1.165) is 19.2 Å². The largest absolute Gasteiger partial charge is 0.348 e. The van der Waals surface area contributed by atoms with Crippen molar-refractivity contribution in [2.24, 2.45) is 5.73 Å². The lowest BCUT2D eigenvalue weighted by Gasteiger charge is -2.29. The van der Waals surface area contributed by atoms with Crippen molar-refractivity contribution in [3.8, 4) is 0 Å². The Morgan fingerprint density at radius 2 is 1.86 bits per heavy atom. The van der Waals surface area contributed by atoms with Crippen molar-refractivity contribution < 1.29 is 4.74 Å². The quantitative estimate of drug-likeness (QED) is 0.575. The van der Waals surface area contributed by atoms with Crippen LogP contribution < -0.4 is 11.1 Å². The van der Waals surface area contributed by atoms with Gasteiger partial charge in [0.15, 0.2) is 6.35 Å². The molecule has 0 bridgehead atoms. The monoisotopic (exact) mass is 311 g/mol. The Kier molecular flexibility index (Phi) is 8.75. The number of likely N-dealkylation sites (tertiary alicyclic amines) is 1. The Morgan fingerprint density at radius 1 is 1.14 bits per heavy atom. The van der Waals surface area contributed by atoms with Gasteiger partial charge >= 0.3 is 0 Å². The molecular weight excluding hydrogens is 274 g/mol. The average molecular weight is 312 g/mol. The van der Waals surface area contributed by atoms with Crippen LogP contribution in [0.2, 0.25) is 0 Å². The van der Waals surface area contributed by atoms with Crippen LogP contribution in [0.5, 0.6) is 0 Å². The Hall–Kier alpha value is -0.160. The average Bonchev–Trinajstić information content (AvgIpc) is 3.15. The Balaban J connectivity index is 1.44. The topological polar surface area (TPSA) is 50.5 Å². The highest BCUT2D eigenvalue weighted by Crippen LogP contribution is 2.25. The standard InChI is InChI=1S/C18H37N3O/c1-16(19)10-7-5-3-2-4-6-8-11-17-12-9-14-21(17)18-20-13-15-22-18/h16-18,20H,2-15,19H2,1H3. The van der Waals surface area contributed by atoms with Crippen LogP contribution in [0.15, 0.2) is 0 Å². The van der Waals surface area contributed by atoms with Crippen LogP contribution in [0.3, 0.4) is 0 Å². The summed E-state index contributed by atoms with van der Waals surface area (Å²) in [5.74, 6) is 0. The number of nitrogens with one attached hydrogen (secondary N) is 1. The molecule has 0 aliphatic carbocycles. The zero-order valence-electron chi connectivity index (χ0n) is 14.6. The second-order valence-electron chi connectivity index (χ2n) is 7.24. The van der Waals surface area contributed by atoms with E-state index in [1.54, 1.807) is 0 Å². The van der Waals surface area contributed by atoms with E-state index in [1.807, 2.05) is 0 Å². The fraction of sp³-hybridized carbons (Fsp3) is 1.00. The lowest BCUT2D eigenvalue weighted by atomic mass is 10.0. The molecule has 0 saturated carbocycles. The van der Waals surface area contributed by atoms with E-state index in [4.69, 9.17) is 10.5 Å². The maximum Gasteiger partial charge on any atom is 0.166 e. The molecule has 2 aliphatic heterocycles. The minimum atomic E-state index is 0.206. The predicted molar refractivity (Wildman–Crippen MR) is 92.7 cm³/mol. The number of hydrogen-bond acceptors (Lipinski definition) is 4. The van der Waals surface area contributed by atoms with Crippen LogP contribution >= 0.6 is 0 Å². The van der Waals surface area contributed by atoms with Gasteiger partial charge in [-0.15, -0.1) is 0 Å². The molecule has 130 valence electrons. The van der Waals surface area contributed by atoms with Crippen molar-refractivity contribution in [1.29, 1.82) is 0 Å². The van der Waals surface area contributed by atoms with Gasteiger partial charge in [-0.3, -0.25) is 10.2 Å². The third-order valence-electron chi connectivity index (χ3n) is 5.12. The highest BCUT2D eigenvalue weighted by molar-refractivity contribution is 4.82. The van der Waals surface area contributed by atoms with Crippen molar-refractivity contribution in [3.05, 3.63) is 0 Å². The lowest BCUT2D eigenvalue weighted by Crippen LogP contribution is -2.45. The first-order valence-corrected chi connectivity index (χ1v) is 9.63. The molecule has 0 spiro atoms. The Bertz CT molecular complexity index is 280. The van der Waals surface area contributed by atoms with Crippen molar-refractivity contribution in [2.45, 2.75) is 96.0 Å². The van der Waals surface area contributed by atoms with Crippen LogP contribution in [0.25, 0.3) is 0 Å². The van der Waals surface area contributed by atoms with E-state index in [1.165, 1.54) is 77.2 Å². The molecule has 2 heterocycles. The Labute approximate surface area is 137 Å². The van der Waals surface area contributed by atoms with E-state index >= 15 is 0 Å². The van der Waals surface area contributed by atoms with E-state index < -0.39 is 0 Å². The van der Waals surface area contributed by atoms with Crippen LogP contribution in [0.4, 0.5) is 0 Å². The summed E-state index contributed by atoms with van der Waals surface area (Å²) in [7, 11) is 0. The smallest absolute Gasteiger partial charge is 0.166 e. The molecule has 2 fully saturated rings. The Morgan fingerprint density at radius 3 is 2.55 bits per heavy atom. The van der Waals surface area contributed by atoms with Gasteiger partial charge in [0.25, 0.3) is 0 Å². The predicted octanol–water partition coefficient (Wildman–Crippen LogP) is 3.21. The summed E-state index contributed by atoms with van der Waals surface area (Å²) in [4.78, 5) is 2.56. The molecule has 4 heteroatoms. The minimum Gasteiger partial charge on any atom is -0.348 e. The zero-order chi connectivity index (χ0) is 15.6. The first-order valence-electron chi connectivity index (χ1n) is 9.63. The first-order chi connectivity index (χ1) is 10.8. The molecular formula is C18H37N3O. The third kappa shape index (κ3) is 6.53. The summed E-state index contributed by atoms with van der Waals surface area (Å²) in [6.45, 7) is 5.20. The molecule has 2 rings (SSSR count). The van der Waals surface area contributed by atoms with Crippen molar-refractivity contribution in [2.75, 3.05) is 19.7 Å².